The fourth-order valence-electron chi connectivity index (χ4n) is 3.20. The molecule has 1 aliphatic heterocycles. The molecular formula is C21H25N3O3. The van der Waals surface area contributed by atoms with Crippen molar-refractivity contribution in [3.05, 3.63) is 54.1 Å². The van der Waals surface area contributed by atoms with Gasteiger partial charge in [-0.2, -0.15) is 0 Å². The lowest BCUT2D eigenvalue weighted by Crippen LogP contribution is -2.33. The molecule has 1 aliphatic rings. The summed E-state index contributed by atoms with van der Waals surface area (Å²) >= 11 is 0. The number of carbonyl (C=O) groups is 2. The van der Waals surface area contributed by atoms with Crippen molar-refractivity contribution >= 4 is 23.2 Å². The molecule has 0 aliphatic carbocycles. The highest BCUT2D eigenvalue weighted by molar-refractivity contribution is 6.00. The lowest BCUT2D eigenvalue weighted by molar-refractivity contribution is -0.115. The molecule has 0 unspecified atom stereocenters. The molecule has 0 saturated carbocycles. The van der Waals surface area contributed by atoms with Crippen molar-refractivity contribution in [2.75, 3.05) is 37.0 Å². The average Bonchev–Trinajstić information content (AvgIpc) is 2.73. The zero-order valence-electron chi connectivity index (χ0n) is 15.5. The summed E-state index contributed by atoms with van der Waals surface area (Å²) in [7, 11) is 1.51. The molecule has 2 N–H and O–H groups in total. The van der Waals surface area contributed by atoms with Crippen LogP contribution in [0, 0.1) is 0 Å². The van der Waals surface area contributed by atoms with E-state index in [0.29, 0.717) is 17.0 Å². The maximum atomic E-state index is 12.2. The second-order valence-electron chi connectivity index (χ2n) is 6.53. The van der Waals surface area contributed by atoms with Gasteiger partial charge in [0.1, 0.15) is 5.75 Å². The number of hydrogen-bond donors (Lipinski definition) is 2. The van der Waals surface area contributed by atoms with E-state index in [1.54, 1.807) is 24.3 Å². The van der Waals surface area contributed by atoms with Crippen LogP contribution in [0.2, 0.25) is 0 Å². The molecule has 0 atom stereocenters. The number of anilines is 2. The molecule has 27 heavy (non-hydrogen) atoms. The molecule has 0 radical (unpaired) electrons. The van der Waals surface area contributed by atoms with Crippen molar-refractivity contribution in [2.45, 2.75) is 19.3 Å². The van der Waals surface area contributed by atoms with Crippen LogP contribution in [0.5, 0.6) is 5.75 Å². The van der Waals surface area contributed by atoms with Crippen LogP contribution in [0.1, 0.15) is 29.6 Å². The highest BCUT2D eigenvalue weighted by Crippen LogP contribution is 2.21. The summed E-state index contributed by atoms with van der Waals surface area (Å²) in [5.74, 6) is -0.143. The van der Waals surface area contributed by atoms with E-state index in [0.717, 1.165) is 13.1 Å². The maximum Gasteiger partial charge on any atom is 0.255 e. The van der Waals surface area contributed by atoms with Crippen LogP contribution in [0.4, 0.5) is 11.4 Å². The quantitative estimate of drug-likeness (QED) is 0.823. The number of nitrogens with zero attached hydrogens (tertiary/aromatic N) is 1. The van der Waals surface area contributed by atoms with Gasteiger partial charge in [0.25, 0.3) is 5.91 Å². The second kappa shape index (κ2) is 9.07. The van der Waals surface area contributed by atoms with Crippen LogP contribution in [0.25, 0.3) is 0 Å². The minimum Gasteiger partial charge on any atom is -0.496 e. The van der Waals surface area contributed by atoms with Crippen molar-refractivity contribution < 1.29 is 14.3 Å². The maximum absolute atomic E-state index is 12.2. The van der Waals surface area contributed by atoms with Crippen LogP contribution in [0.3, 0.4) is 0 Å². The average molecular weight is 367 g/mol. The van der Waals surface area contributed by atoms with E-state index in [1.807, 2.05) is 24.3 Å². The Labute approximate surface area is 159 Å². The van der Waals surface area contributed by atoms with Crippen molar-refractivity contribution in [3.63, 3.8) is 0 Å². The van der Waals surface area contributed by atoms with Crippen LogP contribution in [-0.4, -0.2) is 38.6 Å². The van der Waals surface area contributed by atoms with Crippen molar-refractivity contribution in [3.8, 4) is 5.75 Å². The SMILES string of the molecule is COc1ccccc1C(=O)NCC(=O)Nc1ccc(N2CCCCC2)cc1. The summed E-state index contributed by atoms with van der Waals surface area (Å²) in [5.41, 5.74) is 2.29. The standard InChI is InChI=1S/C21H25N3O3/c1-27-19-8-4-3-7-18(19)21(26)22-15-20(25)23-16-9-11-17(12-10-16)24-13-5-2-6-14-24/h3-4,7-12H,2,5-6,13-15H2,1H3,(H,22,26)(H,23,25). The van der Waals surface area contributed by atoms with Gasteiger partial charge in [-0.15, -0.1) is 0 Å². The molecule has 2 aromatic carbocycles. The zero-order chi connectivity index (χ0) is 19.1. The third-order valence-electron chi connectivity index (χ3n) is 4.63. The van der Waals surface area contributed by atoms with E-state index in [4.69, 9.17) is 4.74 Å². The number of amides is 2. The van der Waals surface area contributed by atoms with Gasteiger partial charge in [-0.3, -0.25) is 9.59 Å². The van der Waals surface area contributed by atoms with Gasteiger partial charge in [0.15, 0.2) is 0 Å². The number of benzene rings is 2. The third kappa shape index (κ3) is 5.00. The summed E-state index contributed by atoms with van der Waals surface area (Å²) < 4.78 is 5.16. The number of methoxy groups -OCH3 is 1. The topological polar surface area (TPSA) is 70.7 Å². The number of rotatable bonds is 6. The fourth-order valence-corrected chi connectivity index (χ4v) is 3.20. The Balaban J connectivity index is 1.51. The first-order chi connectivity index (χ1) is 13.2. The summed E-state index contributed by atoms with van der Waals surface area (Å²) in [6.45, 7) is 2.06. The van der Waals surface area contributed by atoms with E-state index in [9.17, 15) is 9.59 Å². The minimum absolute atomic E-state index is 0.106. The predicted molar refractivity (Wildman–Crippen MR) is 106 cm³/mol. The smallest absolute Gasteiger partial charge is 0.255 e. The minimum atomic E-state index is -0.344. The molecule has 0 spiro atoms. The molecule has 3 rings (SSSR count). The first-order valence-corrected chi connectivity index (χ1v) is 9.23. The van der Waals surface area contributed by atoms with Gasteiger partial charge in [-0.1, -0.05) is 12.1 Å². The fraction of sp³-hybridized carbons (Fsp3) is 0.333. The Morgan fingerprint density at radius 1 is 1.00 bits per heavy atom. The molecule has 6 heteroatoms. The molecule has 0 bridgehead atoms. The van der Waals surface area contributed by atoms with Gasteiger partial charge in [0.2, 0.25) is 5.91 Å². The summed E-state index contributed by atoms with van der Waals surface area (Å²) in [6, 6.07) is 14.7. The summed E-state index contributed by atoms with van der Waals surface area (Å²) in [6.07, 6.45) is 3.75. The number of carbonyl (C=O) groups excluding carboxylic acids is 2. The Hall–Kier alpha value is -3.02. The van der Waals surface area contributed by atoms with E-state index >= 15 is 0 Å². The molecular weight excluding hydrogens is 342 g/mol. The lowest BCUT2D eigenvalue weighted by Gasteiger charge is -2.28. The van der Waals surface area contributed by atoms with E-state index < -0.39 is 0 Å². The number of para-hydroxylation sites is 1. The van der Waals surface area contributed by atoms with Gasteiger partial charge in [-0.25, -0.2) is 0 Å². The third-order valence-corrected chi connectivity index (χ3v) is 4.63. The Kier molecular flexibility index (Phi) is 6.30. The zero-order valence-corrected chi connectivity index (χ0v) is 15.5. The molecule has 142 valence electrons. The highest BCUT2D eigenvalue weighted by atomic mass is 16.5. The van der Waals surface area contributed by atoms with Crippen molar-refractivity contribution in [1.29, 1.82) is 0 Å². The molecule has 2 aromatic rings. The van der Waals surface area contributed by atoms with Crippen molar-refractivity contribution in [2.24, 2.45) is 0 Å². The van der Waals surface area contributed by atoms with E-state index in [-0.39, 0.29) is 18.4 Å². The molecule has 2 amide bonds. The highest BCUT2D eigenvalue weighted by Gasteiger charge is 2.13. The van der Waals surface area contributed by atoms with Gasteiger partial charge >= 0.3 is 0 Å². The first kappa shape index (κ1) is 18.8. The normalized spacial score (nSPS) is 13.7. The molecule has 0 aromatic heterocycles. The Bertz CT molecular complexity index is 784. The predicted octanol–water partition coefficient (Wildman–Crippen LogP) is 3.05. The van der Waals surface area contributed by atoms with E-state index in [2.05, 4.69) is 15.5 Å². The molecule has 1 fully saturated rings. The van der Waals surface area contributed by atoms with Gasteiger partial charge in [0.05, 0.1) is 19.2 Å². The summed E-state index contributed by atoms with van der Waals surface area (Å²) in [4.78, 5) is 26.7. The van der Waals surface area contributed by atoms with Crippen molar-refractivity contribution in [1.82, 2.24) is 5.32 Å². The molecule has 6 nitrogen and oxygen atoms in total. The Morgan fingerprint density at radius 2 is 1.70 bits per heavy atom. The second-order valence-corrected chi connectivity index (χ2v) is 6.53. The summed E-state index contributed by atoms with van der Waals surface area (Å²) in [5, 5.41) is 5.42. The molecule has 1 heterocycles. The van der Waals surface area contributed by atoms with Gasteiger partial charge in [-0.05, 0) is 55.7 Å². The number of piperidine rings is 1. The van der Waals surface area contributed by atoms with Crippen LogP contribution < -0.4 is 20.3 Å². The van der Waals surface area contributed by atoms with Crippen LogP contribution in [-0.2, 0) is 4.79 Å². The molecule has 1 saturated heterocycles. The lowest BCUT2D eigenvalue weighted by atomic mass is 10.1. The van der Waals surface area contributed by atoms with E-state index in [1.165, 1.54) is 32.1 Å². The van der Waals surface area contributed by atoms with Crippen LogP contribution >= 0.6 is 0 Å². The van der Waals surface area contributed by atoms with Gasteiger partial charge < -0.3 is 20.3 Å². The largest absolute Gasteiger partial charge is 0.496 e. The van der Waals surface area contributed by atoms with Crippen LogP contribution in [0.15, 0.2) is 48.5 Å². The monoisotopic (exact) mass is 367 g/mol. The number of nitrogens with one attached hydrogen (secondary N) is 2. The number of ether oxygens (including phenoxy) is 1. The Morgan fingerprint density at radius 3 is 2.41 bits per heavy atom. The first-order valence-electron chi connectivity index (χ1n) is 9.23. The number of hydrogen-bond acceptors (Lipinski definition) is 4. The van der Waals surface area contributed by atoms with Gasteiger partial charge in [0, 0.05) is 24.5 Å².